The van der Waals surface area contributed by atoms with Gasteiger partial charge >= 0.3 is 0 Å². The van der Waals surface area contributed by atoms with E-state index in [9.17, 15) is 4.79 Å². The van der Waals surface area contributed by atoms with Crippen LogP contribution in [0.15, 0.2) is 24.3 Å². The van der Waals surface area contributed by atoms with E-state index in [0.29, 0.717) is 12.6 Å². The average Bonchev–Trinajstić information content (AvgIpc) is 3.00. The normalized spacial score (nSPS) is 15.0. The van der Waals surface area contributed by atoms with Gasteiger partial charge in [0.1, 0.15) is 0 Å². The molecule has 1 aliphatic rings. The van der Waals surface area contributed by atoms with E-state index < -0.39 is 0 Å². The van der Waals surface area contributed by atoms with E-state index in [1.165, 1.54) is 0 Å². The van der Waals surface area contributed by atoms with Crippen LogP contribution in [0.3, 0.4) is 0 Å². The first-order chi connectivity index (χ1) is 7.16. The minimum absolute atomic E-state index is 0.161. The second-order valence-electron chi connectivity index (χ2n) is 4.12. The molecule has 0 atom stereocenters. The zero-order valence-corrected chi connectivity index (χ0v) is 8.94. The first-order valence-corrected chi connectivity index (χ1v) is 5.28. The average molecular weight is 204 g/mol. The van der Waals surface area contributed by atoms with E-state index in [-0.39, 0.29) is 5.91 Å². The summed E-state index contributed by atoms with van der Waals surface area (Å²) in [6, 6.07) is 8.18. The van der Waals surface area contributed by atoms with Crippen molar-refractivity contribution in [1.82, 2.24) is 4.90 Å². The van der Waals surface area contributed by atoms with Crippen molar-refractivity contribution < 1.29 is 4.79 Å². The molecule has 2 rings (SSSR count). The number of benzene rings is 1. The van der Waals surface area contributed by atoms with Gasteiger partial charge in [-0.3, -0.25) is 4.79 Å². The summed E-state index contributed by atoms with van der Waals surface area (Å²) in [7, 11) is 0. The molecule has 80 valence electrons. The van der Waals surface area contributed by atoms with Crippen LogP contribution >= 0.6 is 0 Å². The highest BCUT2D eigenvalue weighted by molar-refractivity contribution is 5.74. The summed E-state index contributed by atoms with van der Waals surface area (Å²) in [6.07, 6.45) is 2.29. The van der Waals surface area contributed by atoms with Gasteiger partial charge in [-0.2, -0.15) is 0 Å². The second kappa shape index (κ2) is 3.93. The maximum absolute atomic E-state index is 11.4. The lowest BCUT2D eigenvalue weighted by molar-refractivity contribution is -0.130. The van der Waals surface area contributed by atoms with Crippen LogP contribution in [0.25, 0.3) is 0 Å². The Balaban J connectivity index is 2.05. The molecule has 1 amide bonds. The molecule has 2 N–H and O–H groups in total. The maximum Gasteiger partial charge on any atom is 0.219 e. The monoisotopic (exact) mass is 204 g/mol. The van der Waals surface area contributed by atoms with E-state index >= 15 is 0 Å². The van der Waals surface area contributed by atoms with E-state index in [0.717, 1.165) is 24.1 Å². The predicted octanol–water partition coefficient (Wildman–Crippen LogP) is 1.78. The van der Waals surface area contributed by atoms with Gasteiger partial charge < -0.3 is 10.6 Å². The van der Waals surface area contributed by atoms with Gasteiger partial charge in [0, 0.05) is 25.2 Å². The van der Waals surface area contributed by atoms with Crippen molar-refractivity contribution >= 4 is 11.6 Å². The van der Waals surface area contributed by atoms with E-state index in [2.05, 4.69) is 0 Å². The quantitative estimate of drug-likeness (QED) is 0.763. The van der Waals surface area contributed by atoms with Gasteiger partial charge in [-0.1, -0.05) is 12.1 Å². The topological polar surface area (TPSA) is 46.3 Å². The molecule has 3 heteroatoms. The Bertz CT molecular complexity index is 354. The van der Waals surface area contributed by atoms with Crippen LogP contribution < -0.4 is 5.73 Å². The molecule has 1 fully saturated rings. The van der Waals surface area contributed by atoms with Crippen LogP contribution in [0.1, 0.15) is 25.3 Å². The van der Waals surface area contributed by atoms with Gasteiger partial charge in [0.15, 0.2) is 0 Å². The fourth-order valence-electron chi connectivity index (χ4n) is 1.70. The van der Waals surface area contributed by atoms with Crippen LogP contribution in [-0.4, -0.2) is 16.8 Å². The van der Waals surface area contributed by atoms with Crippen molar-refractivity contribution in [2.45, 2.75) is 32.4 Å². The fraction of sp³-hybridized carbons (Fsp3) is 0.417. The second-order valence-corrected chi connectivity index (χ2v) is 4.12. The van der Waals surface area contributed by atoms with Gasteiger partial charge in [0.25, 0.3) is 0 Å². The molecule has 0 unspecified atom stereocenters. The summed E-state index contributed by atoms with van der Waals surface area (Å²) in [6.45, 7) is 2.34. The number of carbonyl (C=O) groups excluding carboxylic acids is 1. The maximum atomic E-state index is 11.4. The Kier molecular flexibility index (Phi) is 2.62. The molecule has 0 spiro atoms. The Morgan fingerprint density at radius 2 is 2.00 bits per heavy atom. The lowest BCUT2D eigenvalue weighted by Gasteiger charge is -2.20. The number of nitrogens with zero attached hydrogens (tertiary/aromatic N) is 1. The molecular weight excluding hydrogens is 188 g/mol. The number of nitrogen functional groups attached to an aromatic ring is 1. The molecule has 0 saturated heterocycles. The number of amides is 1. The van der Waals surface area contributed by atoms with Crippen molar-refractivity contribution in [2.75, 3.05) is 5.73 Å². The Labute approximate surface area is 89.9 Å². The lowest BCUT2D eigenvalue weighted by Crippen LogP contribution is -2.30. The van der Waals surface area contributed by atoms with Crippen molar-refractivity contribution in [3.63, 3.8) is 0 Å². The number of carbonyl (C=O) groups is 1. The van der Waals surface area contributed by atoms with Crippen LogP contribution in [0, 0.1) is 0 Å². The minimum Gasteiger partial charge on any atom is -0.399 e. The SMILES string of the molecule is CC(=O)N(Cc1ccc(N)cc1)C1CC1. The van der Waals surface area contributed by atoms with E-state index in [4.69, 9.17) is 5.73 Å². The van der Waals surface area contributed by atoms with E-state index in [1.807, 2.05) is 29.2 Å². The molecular formula is C12H16N2O. The molecule has 0 bridgehead atoms. The highest BCUT2D eigenvalue weighted by Gasteiger charge is 2.30. The minimum atomic E-state index is 0.161. The van der Waals surface area contributed by atoms with E-state index in [1.54, 1.807) is 6.92 Å². The number of anilines is 1. The van der Waals surface area contributed by atoms with Crippen LogP contribution in [0.2, 0.25) is 0 Å². The zero-order valence-electron chi connectivity index (χ0n) is 8.94. The number of hydrogen-bond donors (Lipinski definition) is 1. The van der Waals surface area contributed by atoms with Crippen LogP contribution in [0.4, 0.5) is 5.69 Å². The third-order valence-corrected chi connectivity index (χ3v) is 2.72. The molecule has 3 nitrogen and oxygen atoms in total. The third-order valence-electron chi connectivity index (χ3n) is 2.72. The summed E-state index contributed by atoms with van der Waals surface area (Å²) >= 11 is 0. The number of hydrogen-bond acceptors (Lipinski definition) is 2. The Morgan fingerprint density at radius 3 is 2.47 bits per heavy atom. The predicted molar refractivity (Wildman–Crippen MR) is 60.1 cm³/mol. The number of rotatable bonds is 3. The summed E-state index contributed by atoms with van der Waals surface area (Å²) < 4.78 is 0. The summed E-state index contributed by atoms with van der Waals surface area (Å²) in [5, 5.41) is 0. The molecule has 0 aromatic heterocycles. The van der Waals surface area contributed by atoms with Crippen molar-refractivity contribution in [1.29, 1.82) is 0 Å². The molecule has 1 aromatic carbocycles. The standard InChI is InChI=1S/C12H16N2O/c1-9(15)14(12-6-7-12)8-10-2-4-11(13)5-3-10/h2-5,12H,6-8,13H2,1H3. The summed E-state index contributed by atoms with van der Waals surface area (Å²) in [5.41, 5.74) is 7.52. The number of nitrogens with two attached hydrogens (primary N) is 1. The first kappa shape index (κ1) is 10.0. The summed E-state index contributed by atoms with van der Waals surface area (Å²) in [5.74, 6) is 0.161. The fourth-order valence-corrected chi connectivity index (χ4v) is 1.70. The molecule has 0 aliphatic heterocycles. The molecule has 15 heavy (non-hydrogen) atoms. The van der Waals surface area contributed by atoms with Crippen molar-refractivity contribution in [3.05, 3.63) is 29.8 Å². The van der Waals surface area contributed by atoms with Crippen molar-refractivity contribution in [3.8, 4) is 0 Å². The van der Waals surface area contributed by atoms with Crippen LogP contribution in [0.5, 0.6) is 0 Å². The first-order valence-electron chi connectivity index (χ1n) is 5.28. The van der Waals surface area contributed by atoms with Crippen molar-refractivity contribution in [2.24, 2.45) is 0 Å². The Hall–Kier alpha value is -1.51. The highest BCUT2D eigenvalue weighted by atomic mass is 16.2. The van der Waals surface area contributed by atoms with Gasteiger partial charge in [-0.15, -0.1) is 0 Å². The molecule has 1 aliphatic carbocycles. The highest BCUT2D eigenvalue weighted by Crippen LogP contribution is 2.28. The molecule has 0 radical (unpaired) electrons. The molecule has 1 saturated carbocycles. The molecule has 1 aromatic rings. The van der Waals surface area contributed by atoms with Gasteiger partial charge in [0.2, 0.25) is 5.91 Å². The van der Waals surface area contributed by atoms with Crippen LogP contribution in [-0.2, 0) is 11.3 Å². The van der Waals surface area contributed by atoms with Gasteiger partial charge in [-0.25, -0.2) is 0 Å². The molecule has 0 heterocycles. The smallest absolute Gasteiger partial charge is 0.219 e. The zero-order chi connectivity index (χ0) is 10.8. The Morgan fingerprint density at radius 1 is 1.40 bits per heavy atom. The van der Waals surface area contributed by atoms with Gasteiger partial charge in [-0.05, 0) is 30.5 Å². The third kappa shape index (κ3) is 2.49. The van der Waals surface area contributed by atoms with Gasteiger partial charge in [0.05, 0.1) is 0 Å². The lowest BCUT2D eigenvalue weighted by atomic mass is 10.2. The largest absolute Gasteiger partial charge is 0.399 e. The summed E-state index contributed by atoms with van der Waals surface area (Å²) in [4.78, 5) is 13.3.